The van der Waals surface area contributed by atoms with Gasteiger partial charge in [-0.25, -0.2) is 4.98 Å². The van der Waals surface area contributed by atoms with Crippen molar-refractivity contribution in [3.8, 4) is 0 Å². The quantitative estimate of drug-likeness (QED) is 0.443. The van der Waals surface area contributed by atoms with E-state index < -0.39 is 0 Å². The molecular weight excluding hydrogens is 426 g/mol. The van der Waals surface area contributed by atoms with Gasteiger partial charge in [0.1, 0.15) is 11.0 Å². The van der Waals surface area contributed by atoms with Crippen molar-refractivity contribution < 1.29 is 0 Å². The van der Waals surface area contributed by atoms with E-state index in [1.807, 2.05) is 6.07 Å². The standard InChI is InChI=1S/C24H32ClN5S/c1-18-10-6-9-15-30(18)21-16-20(25)27-22(28-21)29-23(31)26-17-24(13-7-3-8-14-24)19-11-4-2-5-12-19/h2,4-5,11-12,16,18H,3,6-10,13-15,17H2,1H3,(H2,26,27,28,29,31)/t18-/m0/s1. The highest BCUT2D eigenvalue weighted by atomic mass is 35.5. The lowest BCUT2D eigenvalue weighted by atomic mass is 9.69. The summed E-state index contributed by atoms with van der Waals surface area (Å²) in [7, 11) is 0. The van der Waals surface area contributed by atoms with Crippen LogP contribution in [0.2, 0.25) is 5.15 Å². The lowest BCUT2D eigenvalue weighted by Crippen LogP contribution is -2.43. The van der Waals surface area contributed by atoms with Crippen LogP contribution in [0, 0.1) is 0 Å². The molecule has 1 aromatic heterocycles. The molecule has 0 unspecified atom stereocenters. The van der Waals surface area contributed by atoms with Crippen LogP contribution in [0.5, 0.6) is 0 Å². The molecule has 166 valence electrons. The van der Waals surface area contributed by atoms with Gasteiger partial charge in [0.05, 0.1) is 0 Å². The Labute approximate surface area is 196 Å². The molecule has 0 radical (unpaired) electrons. The molecule has 1 aliphatic carbocycles. The van der Waals surface area contributed by atoms with Gasteiger partial charge < -0.3 is 15.5 Å². The van der Waals surface area contributed by atoms with Crippen molar-refractivity contribution in [2.24, 2.45) is 0 Å². The predicted octanol–water partition coefficient (Wildman–Crippen LogP) is 5.70. The molecule has 7 heteroatoms. The van der Waals surface area contributed by atoms with Crippen molar-refractivity contribution in [1.29, 1.82) is 0 Å². The Morgan fingerprint density at radius 1 is 1.13 bits per heavy atom. The Hall–Kier alpha value is -1.92. The number of hydrogen-bond acceptors (Lipinski definition) is 4. The van der Waals surface area contributed by atoms with E-state index in [0.29, 0.717) is 22.3 Å². The lowest BCUT2D eigenvalue weighted by molar-refractivity contribution is 0.292. The maximum atomic E-state index is 6.32. The van der Waals surface area contributed by atoms with Gasteiger partial charge in [-0.1, -0.05) is 61.2 Å². The highest BCUT2D eigenvalue weighted by molar-refractivity contribution is 7.80. The molecule has 5 nitrogen and oxygen atoms in total. The molecule has 1 aromatic carbocycles. The molecule has 4 rings (SSSR count). The first-order valence-electron chi connectivity index (χ1n) is 11.5. The molecule has 0 bridgehead atoms. The lowest BCUT2D eigenvalue weighted by Gasteiger charge is -2.38. The third-order valence-corrected chi connectivity index (χ3v) is 7.23. The van der Waals surface area contributed by atoms with Gasteiger partial charge in [-0.2, -0.15) is 4.98 Å². The number of nitrogens with zero attached hydrogens (tertiary/aromatic N) is 3. The topological polar surface area (TPSA) is 53.1 Å². The van der Waals surface area contributed by atoms with Crippen molar-refractivity contribution in [1.82, 2.24) is 15.3 Å². The number of anilines is 2. The fraction of sp³-hybridized carbons (Fsp3) is 0.542. The molecule has 2 aromatic rings. The second-order valence-electron chi connectivity index (χ2n) is 8.93. The number of aromatic nitrogens is 2. The predicted molar refractivity (Wildman–Crippen MR) is 133 cm³/mol. The van der Waals surface area contributed by atoms with E-state index in [2.05, 4.69) is 57.8 Å². The van der Waals surface area contributed by atoms with Crippen LogP contribution in [0.25, 0.3) is 0 Å². The van der Waals surface area contributed by atoms with Crippen LogP contribution < -0.4 is 15.5 Å². The maximum absolute atomic E-state index is 6.32. The van der Waals surface area contributed by atoms with Crippen LogP contribution >= 0.6 is 23.8 Å². The largest absolute Gasteiger partial charge is 0.361 e. The van der Waals surface area contributed by atoms with E-state index in [1.54, 1.807) is 0 Å². The molecule has 1 atom stereocenters. The van der Waals surface area contributed by atoms with E-state index in [-0.39, 0.29) is 5.41 Å². The van der Waals surface area contributed by atoms with Crippen molar-refractivity contribution in [2.45, 2.75) is 69.7 Å². The normalized spacial score (nSPS) is 20.8. The number of piperidine rings is 1. The van der Waals surface area contributed by atoms with E-state index in [4.69, 9.17) is 28.8 Å². The molecule has 0 amide bonds. The van der Waals surface area contributed by atoms with Gasteiger partial charge in [0.25, 0.3) is 0 Å². The second kappa shape index (κ2) is 10.1. The van der Waals surface area contributed by atoms with Crippen LogP contribution in [0.1, 0.15) is 63.9 Å². The van der Waals surface area contributed by atoms with E-state index in [0.717, 1.165) is 18.9 Å². The maximum Gasteiger partial charge on any atom is 0.232 e. The Bertz CT molecular complexity index is 885. The Balaban J connectivity index is 1.43. The monoisotopic (exact) mass is 457 g/mol. The van der Waals surface area contributed by atoms with E-state index >= 15 is 0 Å². The van der Waals surface area contributed by atoms with Crippen molar-refractivity contribution in [2.75, 3.05) is 23.3 Å². The highest BCUT2D eigenvalue weighted by Crippen LogP contribution is 2.39. The number of nitrogens with one attached hydrogen (secondary N) is 2. The Morgan fingerprint density at radius 2 is 1.90 bits per heavy atom. The zero-order valence-corrected chi connectivity index (χ0v) is 19.8. The first-order chi connectivity index (χ1) is 15.1. The molecule has 31 heavy (non-hydrogen) atoms. The molecule has 2 N–H and O–H groups in total. The molecule has 1 aliphatic heterocycles. The zero-order valence-electron chi connectivity index (χ0n) is 18.2. The molecule has 0 spiro atoms. The SMILES string of the molecule is C[C@H]1CCCCN1c1cc(Cl)nc(NC(=S)NCC2(c3ccccc3)CCCCC2)n1. The molecule has 2 fully saturated rings. The van der Waals surface area contributed by atoms with E-state index in [9.17, 15) is 0 Å². The van der Waals surface area contributed by atoms with Crippen molar-refractivity contribution in [3.63, 3.8) is 0 Å². The van der Waals surface area contributed by atoms with Crippen LogP contribution in [-0.4, -0.2) is 34.2 Å². The van der Waals surface area contributed by atoms with Crippen LogP contribution in [0.3, 0.4) is 0 Å². The number of thiocarbonyl (C=S) groups is 1. The number of hydrogen-bond donors (Lipinski definition) is 2. The highest BCUT2D eigenvalue weighted by Gasteiger charge is 2.33. The van der Waals surface area contributed by atoms with Gasteiger partial charge >= 0.3 is 0 Å². The Morgan fingerprint density at radius 3 is 2.65 bits per heavy atom. The van der Waals surface area contributed by atoms with Crippen LogP contribution in [0.15, 0.2) is 36.4 Å². The minimum atomic E-state index is 0.120. The molecule has 2 aliphatic rings. The Kier molecular flexibility index (Phi) is 7.28. The second-order valence-corrected chi connectivity index (χ2v) is 9.72. The first-order valence-corrected chi connectivity index (χ1v) is 12.3. The summed E-state index contributed by atoms with van der Waals surface area (Å²) in [4.78, 5) is 11.4. The average molecular weight is 458 g/mol. The summed E-state index contributed by atoms with van der Waals surface area (Å²) in [6, 6.07) is 13.1. The summed E-state index contributed by atoms with van der Waals surface area (Å²) >= 11 is 11.9. The number of halogens is 1. The van der Waals surface area contributed by atoms with Crippen molar-refractivity contribution in [3.05, 3.63) is 47.1 Å². The fourth-order valence-corrected chi connectivity index (χ4v) is 5.37. The average Bonchev–Trinajstić information content (AvgIpc) is 2.79. The van der Waals surface area contributed by atoms with Gasteiger partial charge in [-0.05, 0) is 56.8 Å². The van der Waals surface area contributed by atoms with Gasteiger partial charge in [0.15, 0.2) is 5.11 Å². The summed E-state index contributed by atoms with van der Waals surface area (Å²) in [5.41, 5.74) is 1.51. The third-order valence-electron chi connectivity index (χ3n) is 6.79. The van der Waals surface area contributed by atoms with Gasteiger partial charge in [0, 0.05) is 30.6 Å². The number of benzene rings is 1. The summed E-state index contributed by atoms with van der Waals surface area (Å²) in [6.07, 6.45) is 9.79. The molecular formula is C24H32ClN5S. The fourth-order valence-electron chi connectivity index (χ4n) is 5.03. The zero-order chi connectivity index (χ0) is 21.7. The molecule has 1 saturated carbocycles. The first kappa shape index (κ1) is 22.3. The van der Waals surface area contributed by atoms with Crippen LogP contribution in [0.4, 0.5) is 11.8 Å². The molecule has 1 saturated heterocycles. The molecule has 2 heterocycles. The third kappa shape index (κ3) is 5.47. The van der Waals surface area contributed by atoms with Gasteiger partial charge in [-0.15, -0.1) is 0 Å². The summed E-state index contributed by atoms with van der Waals surface area (Å²) in [6.45, 7) is 4.04. The summed E-state index contributed by atoms with van der Waals surface area (Å²) in [5.74, 6) is 1.32. The van der Waals surface area contributed by atoms with Gasteiger partial charge in [-0.3, -0.25) is 0 Å². The van der Waals surface area contributed by atoms with Crippen LogP contribution in [-0.2, 0) is 5.41 Å². The van der Waals surface area contributed by atoms with Crippen molar-refractivity contribution >= 4 is 40.7 Å². The van der Waals surface area contributed by atoms with Gasteiger partial charge in [0.2, 0.25) is 5.95 Å². The summed E-state index contributed by atoms with van der Waals surface area (Å²) < 4.78 is 0. The summed E-state index contributed by atoms with van der Waals surface area (Å²) in [5, 5.41) is 7.60. The minimum absolute atomic E-state index is 0.120. The number of rotatable bonds is 5. The van der Waals surface area contributed by atoms with E-state index in [1.165, 1.54) is 56.9 Å². The minimum Gasteiger partial charge on any atom is -0.361 e. The smallest absolute Gasteiger partial charge is 0.232 e.